The maximum absolute atomic E-state index is 14.3. The number of nitrogens with one attached hydrogen (secondary N) is 1. The first-order valence-electron chi connectivity index (χ1n) is 10.9. The first kappa shape index (κ1) is 23.8. The molecule has 2 heterocycles. The Bertz CT molecular complexity index is 1280. The van der Waals surface area contributed by atoms with E-state index in [1.807, 2.05) is 30.3 Å². The molecular weight excluding hydrogens is 457 g/mol. The third-order valence-corrected chi connectivity index (χ3v) is 7.55. The summed E-state index contributed by atoms with van der Waals surface area (Å²) in [5.74, 6) is -0.495. The fraction of sp³-hybridized carbons (Fsp3) is 0.280. The zero-order chi connectivity index (χ0) is 24.3. The number of aliphatic hydroxyl groups is 1. The quantitative estimate of drug-likeness (QED) is 0.549. The molecule has 2 aromatic carbocycles. The van der Waals surface area contributed by atoms with E-state index in [-0.39, 0.29) is 24.6 Å². The van der Waals surface area contributed by atoms with E-state index in [2.05, 4.69) is 14.7 Å². The monoisotopic (exact) mass is 483 g/mol. The Morgan fingerprint density at radius 1 is 1.12 bits per heavy atom. The Morgan fingerprint density at radius 2 is 1.82 bits per heavy atom. The minimum absolute atomic E-state index is 0.101. The van der Waals surface area contributed by atoms with Gasteiger partial charge in [-0.05, 0) is 38.0 Å². The van der Waals surface area contributed by atoms with Crippen LogP contribution in [0, 0.1) is 5.82 Å². The molecule has 1 fully saturated rings. The highest BCUT2D eigenvalue weighted by atomic mass is 32.2. The predicted octanol–water partition coefficient (Wildman–Crippen LogP) is 4.14. The number of sulfonamides is 1. The summed E-state index contributed by atoms with van der Waals surface area (Å²) < 4.78 is 49.2. The number of rotatable bonds is 6. The van der Waals surface area contributed by atoms with Crippen molar-refractivity contribution in [2.45, 2.75) is 37.2 Å². The van der Waals surface area contributed by atoms with Gasteiger partial charge in [-0.3, -0.25) is 4.98 Å². The average Bonchev–Trinajstić information content (AvgIpc) is 2.79. The van der Waals surface area contributed by atoms with Crippen LogP contribution in [0.1, 0.15) is 42.7 Å². The second-order valence-corrected chi connectivity index (χ2v) is 10.3. The number of pyridine rings is 1. The molecule has 0 amide bonds. The van der Waals surface area contributed by atoms with Gasteiger partial charge in [-0.1, -0.05) is 54.6 Å². The second-order valence-electron chi connectivity index (χ2n) is 8.56. The number of aromatic nitrogens is 1. The molecule has 9 heteroatoms. The molecule has 1 aliphatic rings. The molecule has 4 rings (SSSR count). The van der Waals surface area contributed by atoms with E-state index in [1.54, 1.807) is 44.2 Å². The van der Waals surface area contributed by atoms with Crippen molar-refractivity contribution >= 4 is 16.0 Å². The van der Waals surface area contributed by atoms with E-state index in [0.717, 1.165) is 11.3 Å². The topological polar surface area (TPSA) is 101 Å². The smallest absolute Gasteiger partial charge is 0.299 e. The third-order valence-electron chi connectivity index (χ3n) is 5.63. The van der Waals surface area contributed by atoms with Crippen LogP contribution < -0.4 is 4.72 Å². The van der Waals surface area contributed by atoms with E-state index in [0.29, 0.717) is 5.56 Å². The van der Waals surface area contributed by atoms with Gasteiger partial charge in [0.15, 0.2) is 0 Å². The van der Waals surface area contributed by atoms with Crippen molar-refractivity contribution in [3.63, 3.8) is 0 Å². The van der Waals surface area contributed by atoms with Crippen molar-refractivity contribution in [1.29, 1.82) is 0 Å². The fourth-order valence-corrected chi connectivity index (χ4v) is 5.90. The Kier molecular flexibility index (Phi) is 6.67. The number of aliphatic imine (C=N–C) groups is 1. The Labute approximate surface area is 198 Å². The van der Waals surface area contributed by atoms with Gasteiger partial charge < -0.3 is 9.84 Å². The molecule has 1 saturated heterocycles. The molecule has 0 radical (unpaired) electrons. The number of hydrogen-bond donors (Lipinski definition) is 2. The standard InChI is InChI=1S/C25H26FN3O4S/c1-25(2)23(18-12-13-21(27-16-18)17-8-4-3-5-9-17)34(31,32)29-24(33-25)28-22(14-15-30)19-10-6-7-11-20(19)26/h3-13,16,22-23,30H,14-15H2,1-2H3,(H,28,29)/t22-,23?/m0/s1. The molecule has 0 bridgehead atoms. The molecule has 7 nitrogen and oxygen atoms in total. The third kappa shape index (κ3) is 4.95. The first-order chi connectivity index (χ1) is 16.2. The number of benzene rings is 2. The molecule has 0 spiro atoms. The van der Waals surface area contributed by atoms with Crippen molar-refractivity contribution in [1.82, 2.24) is 9.71 Å². The van der Waals surface area contributed by atoms with Crippen LogP contribution in [0.4, 0.5) is 4.39 Å². The largest absolute Gasteiger partial charge is 0.457 e. The van der Waals surface area contributed by atoms with Crippen molar-refractivity contribution in [2.75, 3.05) is 6.61 Å². The molecule has 178 valence electrons. The zero-order valence-corrected chi connectivity index (χ0v) is 19.7. The first-order valence-corrected chi connectivity index (χ1v) is 12.4. The predicted molar refractivity (Wildman–Crippen MR) is 128 cm³/mol. The maximum Gasteiger partial charge on any atom is 0.299 e. The summed E-state index contributed by atoms with van der Waals surface area (Å²) in [5, 5.41) is 8.39. The lowest BCUT2D eigenvalue weighted by molar-refractivity contribution is 0.0757. The van der Waals surface area contributed by atoms with Gasteiger partial charge in [0.25, 0.3) is 6.02 Å². The molecule has 1 aliphatic heterocycles. The normalized spacial score (nSPS) is 20.8. The maximum atomic E-state index is 14.3. The summed E-state index contributed by atoms with van der Waals surface area (Å²) in [6.45, 7) is 3.05. The summed E-state index contributed by atoms with van der Waals surface area (Å²) in [7, 11) is -3.97. The van der Waals surface area contributed by atoms with Crippen LogP contribution in [0.15, 0.2) is 77.9 Å². The number of halogens is 1. The molecule has 2 N–H and O–H groups in total. The lowest BCUT2D eigenvalue weighted by Crippen LogP contribution is -2.53. The van der Waals surface area contributed by atoms with Crippen molar-refractivity contribution in [3.8, 4) is 11.3 Å². The van der Waals surface area contributed by atoms with Crippen LogP contribution in [0.5, 0.6) is 0 Å². The lowest BCUT2D eigenvalue weighted by Gasteiger charge is -2.39. The van der Waals surface area contributed by atoms with Crippen LogP contribution in [-0.4, -0.2) is 36.7 Å². The van der Waals surface area contributed by atoms with E-state index in [1.165, 1.54) is 12.3 Å². The summed E-state index contributed by atoms with van der Waals surface area (Å²) in [6, 6.07) is 18.1. The van der Waals surface area contributed by atoms with Gasteiger partial charge >= 0.3 is 0 Å². The van der Waals surface area contributed by atoms with Crippen LogP contribution in [0.3, 0.4) is 0 Å². The molecule has 1 aromatic heterocycles. The molecule has 0 saturated carbocycles. The van der Waals surface area contributed by atoms with E-state index >= 15 is 0 Å². The summed E-state index contributed by atoms with van der Waals surface area (Å²) >= 11 is 0. The van der Waals surface area contributed by atoms with Gasteiger partial charge in [0, 0.05) is 23.9 Å². The van der Waals surface area contributed by atoms with Crippen molar-refractivity contribution in [2.24, 2.45) is 4.99 Å². The van der Waals surface area contributed by atoms with Crippen LogP contribution in [-0.2, 0) is 14.8 Å². The fourth-order valence-electron chi connectivity index (χ4n) is 4.15. The molecule has 2 atom stereocenters. The van der Waals surface area contributed by atoms with Gasteiger partial charge in [-0.15, -0.1) is 0 Å². The zero-order valence-electron chi connectivity index (χ0n) is 18.8. The van der Waals surface area contributed by atoms with E-state index in [4.69, 9.17) is 4.74 Å². The molecule has 1 unspecified atom stereocenters. The van der Waals surface area contributed by atoms with E-state index < -0.39 is 32.7 Å². The van der Waals surface area contributed by atoms with E-state index in [9.17, 15) is 17.9 Å². The van der Waals surface area contributed by atoms with Gasteiger partial charge in [0.2, 0.25) is 10.0 Å². The SMILES string of the molecule is CC1(C)OC(=N[C@@H](CCO)c2ccccc2F)NS(=O)(=O)C1c1ccc(-c2ccccc2)nc1. The lowest BCUT2D eigenvalue weighted by atomic mass is 9.98. The molecule has 34 heavy (non-hydrogen) atoms. The summed E-state index contributed by atoms with van der Waals surface area (Å²) in [4.78, 5) is 8.77. The molecular formula is C25H26FN3O4S. The highest BCUT2D eigenvalue weighted by Gasteiger charge is 2.48. The van der Waals surface area contributed by atoms with Gasteiger partial charge in [-0.25, -0.2) is 22.5 Å². The minimum atomic E-state index is -3.97. The highest BCUT2D eigenvalue weighted by Crippen LogP contribution is 2.39. The number of aliphatic hydroxyl groups excluding tert-OH is 1. The number of nitrogens with zero attached hydrogens (tertiary/aromatic N) is 2. The Hall–Kier alpha value is -3.30. The Balaban J connectivity index is 1.64. The minimum Gasteiger partial charge on any atom is -0.457 e. The second kappa shape index (κ2) is 9.52. The number of amidine groups is 1. The number of hydrogen-bond acceptors (Lipinski definition) is 6. The van der Waals surface area contributed by atoms with Crippen LogP contribution >= 0.6 is 0 Å². The molecule has 3 aromatic rings. The molecule has 0 aliphatic carbocycles. The highest BCUT2D eigenvalue weighted by molar-refractivity contribution is 7.90. The van der Waals surface area contributed by atoms with Gasteiger partial charge in [-0.2, -0.15) is 0 Å². The van der Waals surface area contributed by atoms with Crippen molar-refractivity contribution in [3.05, 3.63) is 89.9 Å². The Morgan fingerprint density at radius 3 is 2.44 bits per heavy atom. The van der Waals surface area contributed by atoms with Crippen LogP contribution in [0.2, 0.25) is 0 Å². The van der Waals surface area contributed by atoms with Gasteiger partial charge in [0.1, 0.15) is 16.7 Å². The summed E-state index contributed by atoms with van der Waals surface area (Å²) in [6.07, 6.45) is 1.64. The number of ether oxygens (including phenoxy) is 1. The van der Waals surface area contributed by atoms with Gasteiger partial charge in [0.05, 0.1) is 11.7 Å². The van der Waals surface area contributed by atoms with Crippen molar-refractivity contribution < 1.29 is 22.7 Å². The summed E-state index contributed by atoms with van der Waals surface area (Å²) in [5.41, 5.74) is 1.16. The average molecular weight is 484 g/mol. The van der Waals surface area contributed by atoms with Crippen LogP contribution in [0.25, 0.3) is 11.3 Å².